The summed E-state index contributed by atoms with van der Waals surface area (Å²) in [5.74, 6) is 1.52. The highest BCUT2D eigenvalue weighted by molar-refractivity contribution is 7.98. The molecule has 4 aromatic rings. The van der Waals surface area contributed by atoms with E-state index >= 15 is 0 Å². The van der Waals surface area contributed by atoms with E-state index in [1.54, 1.807) is 17.8 Å². The lowest BCUT2D eigenvalue weighted by molar-refractivity contribution is -0.117. The zero-order chi connectivity index (χ0) is 23.4. The molecule has 3 heterocycles. The van der Waals surface area contributed by atoms with Gasteiger partial charge in [-0.15, -0.1) is 10.2 Å². The summed E-state index contributed by atoms with van der Waals surface area (Å²) in [6, 6.07) is 16.1. The van der Waals surface area contributed by atoms with Gasteiger partial charge in [0.1, 0.15) is 0 Å². The lowest BCUT2D eigenvalue weighted by Crippen LogP contribution is -2.29. The maximum Gasteiger partial charge on any atom is 0.244 e. The molecule has 1 N–H and O–H groups in total. The van der Waals surface area contributed by atoms with Crippen molar-refractivity contribution in [1.29, 1.82) is 0 Å². The predicted octanol–water partition coefficient (Wildman–Crippen LogP) is 5.07. The minimum absolute atomic E-state index is 0.145. The Morgan fingerprint density at radius 3 is 2.67 bits per heavy atom. The van der Waals surface area contributed by atoms with Gasteiger partial charge in [0.05, 0.1) is 6.04 Å². The van der Waals surface area contributed by atoms with Crippen LogP contribution >= 0.6 is 11.8 Å². The quantitative estimate of drug-likeness (QED) is 0.374. The maximum atomic E-state index is 12.9. The van der Waals surface area contributed by atoms with Crippen molar-refractivity contribution < 1.29 is 4.79 Å². The summed E-state index contributed by atoms with van der Waals surface area (Å²) in [4.78, 5) is 12.9. The second-order valence-corrected chi connectivity index (χ2v) is 9.15. The van der Waals surface area contributed by atoms with Crippen LogP contribution in [-0.2, 0) is 4.79 Å². The summed E-state index contributed by atoms with van der Waals surface area (Å²) in [5, 5.41) is 11.7. The number of fused-ring (bicyclic) bond motifs is 1. The van der Waals surface area contributed by atoms with Gasteiger partial charge in [-0.05, 0) is 81.2 Å². The van der Waals surface area contributed by atoms with Crippen molar-refractivity contribution in [3.63, 3.8) is 0 Å². The lowest BCUT2D eigenvalue weighted by atomic mass is 10.2. The SMILES string of the molecule is CSCCC(NC(=O)/C=C\c1cc(C)n(-c2ccc(C)cc2)c1C)c1nnc2ccccn12. The third-order valence-electron chi connectivity index (χ3n) is 5.76. The highest BCUT2D eigenvalue weighted by Gasteiger charge is 2.19. The van der Waals surface area contributed by atoms with E-state index in [9.17, 15) is 4.79 Å². The van der Waals surface area contributed by atoms with Crippen LogP contribution in [0, 0.1) is 20.8 Å². The maximum absolute atomic E-state index is 12.9. The van der Waals surface area contributed by atoms with Crippen molar-refractivity contribution in [1.82, 2.24) is 24.5 Å². The molecule has 0 spiro atoms. The number of aryl methyl sites for hydroxylation is 2. The Morgan fingerprint density at radius 1 is 1.12 bits per heavy atom. The second kappa shape index (κ2) is 10.1. The van der Waals surface area contributed by atoms with Gasteiger partial charge in [0.2, 0.25) is 5.91 Å². The number of carbonyl (C=O) groups is 1. The molecule has 1 aromatic carbocycles. The van der Waals surface area contributed by atoms with Crippen LogP contribution < -0.4 is 5.32 Å². The van der Waals surface area contributed by atoms with Crippen molar-refractivity contribution in [2.75, 3.05) is 12.0 Å². The Kier molecular flexibility index (Phi) is 6.99. The molecule has 33 heavy (non-hydrogen) atoms. The Labute approximate surface area is 198 Å². The first kappa shape index (κ1) is 22.9. The Balaban J connectivity index is 1.54. The number of carbonyl (C=O) groups excluding carboxylic acids is 1. The molecule has 1 atom stereocenters. The number of rotatable bonds is 8. The van der Waals surface area contributed by atoms with Gasteiger partial charge < -0.3 is 9.88 Å². The number of hydrogen-bond acceptors (Lipinski definition) is 4. The van der Waals surface area contributed by atoms with E-state index in [4.69, 9.17) is 0 Å². The van der Waals surface area contributed by atoms with Crippen molar-refractivity contribution in [3.05, 3.63) is 89.1 Å². The number of pyridine rings is 1. The average Bonchev–Trinajstić information content (AvgIpc) is 3.36. The number of hydrogen-bond donors (Lipinski definition) is 1. The average molecular weight is 460 g/mol. The van der Waals surface area contributed by atoms with Crippen LogP contribution in [0.4, 0.5) is 0 Å². The Hall–Kier alpha value is -3.32. The standard InChI is InChI=1S/C26H29N5OS/c1-18-8-11-22(12-9-18)31-19(2)17-21(20(31)3)10-13-25(32)27-23(14-16-33-4)26-29-28-24-7-5-6-15-30(24)26/h5-13,15,17,23H,14,16H2,1-4H3,(H,27,32)/b13-10-. The third kappa shape index (κ3) is 5.03. The molecule has 0 bridgehead atoms. The van der Waals surface area contributed by atoms with Crippen molar-refractivity contribution in [3.8, 4) is 5.69 Å². The van der Waals surface area contributed by atoms with E-state index in [0.29, 0.717) is 0 Å². The van der Waals surface area contributed by atoms with Gasteiger partial charge in [0.15, 0.2) is 11.5 Å². The topological polar surface area (TPSA) is 64.2 Å². The van der Waals surface area contributed by atoms with Gasteiger partial charge in [-0.3, -0.25) is 9.20 Å². The molecule has 1 amide bonds. The molecule has 170 valence electrons. The smallest absolute Gasteiger partial charge is 0.244 e. The van der Waals surface area contributed by atoms with E-state index in [1.165, 1.54) is 5.56 Å². The molecule has 0 saturated carbocycles. The fourth-order valence-corrected chi connectivity index (χ4v) is 4.50. The summed E-state index contributed by atoms with van der Waals surface area (Å²) in [7, 11) is 0. The Bertz CT molecular complexity index is 1290. The molecule has 6 nitrogen and oxygen atoms in total. The number of benzene rings is 1. The number of amides is 1. The van der Waals surface area contributed by atoms with Gasteiger partial charge in [-0.1, -0.05) is 23.8 Å². The van der Waals surface area contributed by atoms with E-state index in [0.717, 1.165) is 46.3 Å². The monoisotopic (exact) mass is 459 g/mol. The molecule has 1 unspecified atom stereocenters. The predicted molar refractivity (Wildman–Crippen MR) is 136 cm³/mol. The van der Waals surface area contributed by atoms with Gasteiger partial charge in [-0.25, -0.2) is 0 Å². The number of nitrogens with one attached hydrogen (secondary N) is 1. The number of aromatic nitrogens is 4. The molecule has 0 aliphatic carbocycles. The molecule has 0 fully saturated rings. The summed E-state index contributed by atoms with van der Waals surface area (Å²) < 4.78 is 4.14. The van der Waals surface area contributed by atoms with Gasteiger partial charge in [0.25, 0.3) is 0 Å². The van der Waals surface area contributed by atoms with Crippen molar-refractivity contribution in [2.24, 2.45) is 0 Å². The summed E-state index contributed by atoms with van der Waals surface area (Å²) in [6.07, 6.45) is 8.26. The molecule has 4 rings (SSSR count). The fraction of sp³-hybridized carbons (Fsp3) is 0.269. The molecule has 0 aliphatic rings. The van der Waals surface area contributed by atoms with Gasteiger partial charge >= 0.3 is 0 Å². The minimum atomic E-state index is -0.216. The summed E-state index contributed by atoms with van der Waals surface area (Å²) in [5.41, 5.74) is 6.38. The molecule has 7 heteroatoms. The van der Waals surface area contributed by atoms with Crippen LogP contribution in [0.15, 0.2) is 60.8 Å². The normalized spacial score (nSPS) is 12.5. The molecule has 3 aromatic heterocycles. The highest BCUT2D eigenvalue weighted by atomic mass is 32.2. The van der Waals surface area contributed by atoms with Crippen molar-refractivity contribution >= 4 is 29.4 Å². The fourth-order valence-electron chi connectivity index (χ4n) is 4.03. The Morgan fingerprint density at radius 2 is 1.91 bits per heavy atom. The van der Waals surface area contributed by atoms with Crippen LogP contribution in [0.3, 0.4) is 0 Å². The molecule has 0 saturated heterocycles. The van der Waals surface area contributed by atoms with Crippen LogP contribution in [-0.4, -0.2) is 37.1 Å². The highest BCUT2D eigenvalue weighted by Crippen LogP contribution is 2.23. The summed E-state index contributed by atoms with van der Waals surface area (Å²) >= 11 is 1.75. The van der Waals surface area contributed by atoms with Crippen molar-refractivity contribution in [2.45, 2.75) is 33.2 Å². The van der Waals surface area contributed by atoms with Crippen LogP contribution in [0.1, 0.15) is 40.8 Å². The largest absolute Gasteiger partial charge is 0.342 e. The number of thioether (sulfide) groups is 1. The van der Waals surface area contributed by atoms with E-state index < -0.39 is 0 Å². The first-order valence-electron chi connectivity index (χ1n) is 11.0. The molecule has 0 radical (unpaired) electrons. The van der Waals surface area contributed by atoms with Crippen LogP contribution in [0.2, 0.25) is 0 Å². The molecule has 0 aliphatic heterocycles. The van der Waals surface area contributed by atoms with Crippen LogP contribution in [0.5, 0.6) is 0 Å². The summed E-state index contributed by atoms with van der Waals surface area (Å²) in [6.45, 7) is 6.24. The van der Waals surface area contributed by atoms with Crippen LogP contribution in [0.25, 0.3) is 17.4 Å². The van der Waals surface area contributed by atoms with Gasteiger partial charge in [0, 0.05) is 29.3 Å². The molecular weight excluding hydrogens is 430 g/mol. The van der Waals surface area contributed by atoms with E-state index in [2.05, 4.69) is 77.4 Å². The third-order valence-corrected chi connectivity index (χ3v) is 6.40. The zero-order valence-corrected chi connectivity index (χ0v) is 20.3. The van der Waals surface area contributed by atoms with E-state index in [1.807, 2.05) is 34.9 Å². The minimum Gasteiger partial charge on any atom is -0.342 e. The number of nitrogens with zero attached hydrogens (tertiary/aromatic N) is 4. The zero-order valence-electron chi connectivity index (χ0n) is 19.4. The van der Waals surface area contributed by atoms with E-state index in [-0.39, 0.29) is 11.9 Å². The lowest BCUT2D eigenvalue weighted by Gasteiger charge is -2.16. The second-order valence-electron chi connectivity index (χ2n) is 8.16. The first-order valence-corrected chi connectivity index (χ1v) is 12.4. The molecular formula is C26H29N5OS. The van der Waals surface area contributed by atoms with Gasteiger partial charge in [-0.2, -0.15) is 11.8 Å². The first-order chi connectivity index (χ1) is 16.0.